The lowest BCUT2D eigenvalue weighted by Crippen LogP contribution is -2.06. The fraction of sp³-hybridized carbons (Fsp3) is 0.125. The molecule has 214 valence electrons. The van der Waals surface area contributed by atoms with Crippen molar-refractivity contribution in [2.75, 3.05) is 36.0 Å². The third-order valence-electron chi connectivity index (χ3n) is 7.10. The second-order valence-electron chi connectivity index (χ2n) is 10.2. The van der Waals surface area contributed by atoms with E-state index in [-0.39, 0.29) is 5.82 Å². The maximum Gasteiger partial charge on any atom is 0.203 e. The van der Waals surface area contributed by atoms with Gasteiger partial charge in [0.05, 0.1) is 30.2 Å². The molecule has 0 amide bonds. The number of allylic oxidation sites excluding steroid dienone is 2. The zero-order valence-corrected chi connectivity index (χ0v) is 23.4. The molecule has 0 bridgehead atoms. The van der Waals surface area contributed by atoms with E-state index < -0.39 is 0 Å². The number of hydrogen-bond donors (Lipinski definition) is 5. The van der Waals surface area contributed by atoms with Crippen molar-refractivity contribution in [3.05, 3.63) is 118 Å². The molecule has 0 fully saturated rings. The quantitative estimate of drug-likeness (QED) is 0.204. The summed E-state index contributed by atoms with van der Waals surface area (Å²) in [6.45, 7) is 1.52. The number of nitrogen functional groups attached to an aromatic ring is 4. The molecule has 0 aliphatic carbocycles. The predicted octanol–water partition coefficient (Wildman–Crippen LogP) is 3.66. The smallest absolute Gasteiger partial charge is 0.203 e. The van der Waals surface area contributed by atoms with Crippen LogP contribution in [0.15, 0.2) is 95.0 Å². The Hall–Kier alpha value is -5.84. The molecule has 0 spiro atoms. The van der Waals surface area contributed by atoms with Crippen molar-refractivity contribution in [3.8, 4) is 0 Å². The number of rotatable bonds is 6. The van der Waals surface area contributed by atoms with Gasteiger partial charge >= 0.3 is 0 Å². The normalized spacial score (nSPS) is 13.6. The Bertz CT molecular complexity index is 1930. The van der Waals surface area contributed by atoms with E-state index in [1.807, 2.05) is 30.4 Å². The van der Waals surface area contributed by atoms with Crippen molar-refractivity contribution in [1.82, 2.24) is 25.4 Å². The summed E-state index contributed by atoms with van der Waals surface area (Å²) in [5.74, 6) is 1.12. The number of hydrogen-bond acceptors (Lipinski definition) is 10. The highest BCUT2D eigenvalue weighted by atomic mass is 15.3. The number of fused-ring (bicyclic) bond motifs is 1. The van der Waals surface area contributed by atoms with Gasteiger partial charge in [-0.05, 0) is 82.6 Å². The van der Waals surface area contributed by atoms with E-state index in [4.69, 9.17) is 22.9 Å². The van der Waals surface area contributed by atoms with Gasteiger partial charge < -0.3 is 22.9 Å². The van der Waals surface area contributed by atoms with E-state index in [0.29, 0.717) is 29.4 Å². The van der Waals surface area contributed by atoms with Crippen molar-refractivity contribution in [2.24, 2.45) is 9.98 Å². The number of nitrogens with zero attached hydrogens (tertiary/aromatic N) is 6. The zero-order chi connectivity index (χ0) is 29.8. The fourth-order valence-corrected chi connectivity index (χ4v) is 5.09. The molecule has 9 N–H and O–H groups in total. The maximum atomic E-state index is 5.98. The van der Waals surface area contributed by atoms with Gasteiger partial charge in [-0.1, -0.05) is 48.6 Å². The Morgan fingerprint density at radius 2 is 1.23 bits per heavy atom. The van der Waals surface area contributed by atoms with Gasteiger partial charge in [-0.2, -0.15) is 10.3 Å². The highest BCUT2D eigenvalue weighted by Gasteiger charge is 2.11. The number of aromatic nitrogens is 5. The van der Waals surface area contributed by atoms with Gasteiger partial charge in [-0.15, -0.1) is 5.10 Å². The van der Waals surface area contributed by atoms with Crippen LogP contribution in [0.25, 0.3) is 11.2 Å². The minimum Gasteiger partial charge on any atom is -0.396 e. The number of aromatic amines is 1. The Labute approximate surface area is 248 Å². The molecule has 2 aliphatic heterocycles. The number of aliphatic imine (C=N–C) groups is 2. The molecule has 11 nitrogen and oxygen atoms in total. The largest absolute Gasteiger partial charge is 0.396 e. The van der Waals surface area contributed by atoms with Gasteiger partial charge in [-0.3, -0.25) is 9.98 Å². The summed E-state index contributed by atoms with van der Waals surface area (Å²) in [6.07, 6.45) is 9.58. The van der Waals surface area contributed by atoms with Crippen LogP contribution in [0.4, 0.5) is 23.1 Å². The van der Waals surface area contributed by atoms with E-state index >= 15 is 0 Å². The molecule has 0 radical (unpaired) electrons. The van der Waals surface area contributed by atoms with Crippen LogP contribution in [0.1, 0.15) is 33.4 Å². The van der Waals surface area contributed by atoms with Gasteiger partial charge in [0, 0.05) is 0 Å². The third-order valence-corrected chi connectivity index (χ3v) is 7.10. The molecule has 0 atom stereocenters. The second kappa shape index (κ2) is 12.0. The van der Waals surface area contributed by atoms with Crippen LogP contribution in [-0.2, 0) is 12.8 Å². The first-order chi connectivity index (χ1) is 20.9. The first-order valence-electron chi connectivity index (χ1n) is 13.8. The molecule has 2 aromatic carbocycles. The summed E-state index contributed by atoms with van der Waals surface area (Å²) in [4.78, 5) is 17.0. The third kappa shape index (κ3) is 6.25. The van der Waals surface area contributed by atoms with Crippen molar-refractivity contribution in [2.45, 2.75) is 12.8 Å². The van der Waals surface area contributed by atoms with Crippen LogP contribution >= 0.6 is 0 Å². The van der Waals surface area contributed by atoms with Gasteiger partial charge in [0.25, 0.3) is 0 Å². The molecule has 5 aromatic rings. The van der Waals surface area contributed by atoms with E-state index in [9.17, 15) is 0 Å². The SMILES string of the molecule is Nc1cc(Cc2cccc(C3=NCC=C3)c2)c(N)c(N)n1.Nc1cc(Cc2cccc(C3=NCC=C3)c2)c2n[nH]nc2n1. The molecular formula is C32H31N11. The lowest BCUT2D eigenvalue weighted by Gasteiger charge is -2.10. The van der Waals surface area contributed by atoms with E-state index in [2.05, 4.69) is 83.9 Å². The molecule has 0 unspecified atom stereocenters. The standard InChI is InChI=1S/C16H14N6.C16H17N5/c17-14-9-12(15-16(19-14)21-22-20-15)8-10-3-1-4-11(7-10)13-5-2-6-18-13;17-14-9-12(15(18)16(19)21-14)8-10-3-1-4-11(7-10)13-5-2-6-20-13/h1-5,7,9H,6,8H2,(H3,17,19,20,21,22);1-5,7,9H,6,8,18H2,(H4,17,19,21). The van der Waals surface area contributed by atoms with Crippen LogP contribution in [0, 0.1) is 0 Å². The summed E-state index contributed by atoms with van der Waals surface area (Å²) in [6, 6.07) is 20.2. The first kappa shape index (κ1) is 27.3. The van der Waals surface area contributed by atoms with Gasteiger partial charge in [-0.25, -0.2) is 9.97 Å². The molecule has 3 aromatic heterocycles. The molecule has 7 rings (SSSR count). The van der Waals surface area contributed by atoms with Gasteiger partial charge in [0.1, 0.15) is 23.0 Å². The number of H-pyrrole nitrogens is 1. The summed E-state index contributed by atoms with van der Waals surface area (Å²) in [5, 5.41) is 10.8. The predicted molar refractivity (Wildman–Crippen MR) is 173 cm³/mol. The number of pyridine rings is 2. The van der Waals surface area contributed by atoms with Crippen LogP contribution in [0.2, 0.25) is 0 Å². The van der Waals surface area contributed by atoms with Crippen molar-refractivity contribution in [1.29, 1.82) is 0 Å². The lowest BCUT2D eigenvalue weighted by molar-refractivity contribution is 0.953. The van der Waals surface area contributed by atoms with E-state index in [1.165, 1.54) is 5.56 Å². The van der Waals surface area contributed by atoms with E-state index in [1.54, 1.807) is 6.07 Å². The summed E-state index contributed by atoms with van der Waals surface area (Å²) >= 11 is 0. The molecule has 0 saturated heterocycles. The first-order valence-corrected chi connectivity index (χ1v) is 13.8. The van der Waals surface area contributed by atoms with Crippen LogP contribution < -0.4 is 22.9 Å². The summed E-state index contributed by atoms with van der Waals surface area (Å²) in [7, 11) is 0. The Morgan fingerprint density at radius 1 is 0.651 bits per heavy atom. The number of anilines is 4. The van der Waals surface area contributed by atoms with Crippen molar-refractivity contribution in [3.63, 3.8) is 0 Å². The average molecular weight is 570 g/mol. The van der Waals surface area contributed by atoms with Crippen LogP contribution in [-0.4, -0.2) is 49.9 Å². The molecule has 5 heterocycles. The molecule has 43 heavy (non-hydrogen) atoms. The Kier molecular flexibility index (Phi) is 7.60. The number of nitrogens with two attached hydrogens (primary N) is 4. The molecule has 0 saturated carbocycles. The monoisotopic (exact) mass is 569 g/mol. The summed E-state index contributed by atoms with van der Waals surface area (Å²) in [5.41, 5.74) is 33.6. The number of benzene rings is 2. The highest BCUT2D eigenvalue weighted by Crippen LogP contribution is 2.24. The summed E-state index contributed by atoms with van der Waals surface area (Å²) < 4.78 is 0. The molecule has 11 heteroatoms. The van der Waals surface area contributed by atoms with E-state index in [0.717, 1.165) is 64.3 Å². The van der Waals surface area contributed by atoms with Crippen molar-refractivity contribution >= 4 is 45.7 Å². The fourth-order valence-electron chi connectivity index (χ4n) is 5.09. The minimum absolute atomic E-state index is 0.282. The van der Waals surface area contributed by atoms with Gasteiger partial charge in [0.2, 0.25) is 5.65 Å². The highest BCUT2D eigenvalue weighted by molar-refractivity contribution is 6.10. The van der Waals surface area contributed by atoms with Gasteiger partial charge in [0.15, 0.2) is 0 Å². The van der Waals surface area contributed by atoms with Crippen LogP contribution in [0.5, 0.6) is 0 Å². The maximum absolute atomic E-state index is 5.98. The minimum atomic E-state index is 0.282. The zero-order valence-electron chi connectivity index (χ0n) is 23.4. The Balaban J connectivity index is 0.000000153. The second-order valence-corrected chi connectivity index (χ2v) is 10.2. The molecular weight excluding hydrogens is 538 g/mol. The van der Waals surface area contributed by atoms with Crippen molar-refractivity contribution < 1.29 is 0 Å². The Morgan fingerprint density at radius 3 is 1.84 bits per heavy atom. The molecule has 2 aliphatic rings. The lowest BCUT2D eigenvalue weighted by atomic mass is 10.0. The van der Waals surface area contributed by atoms with Crippen LogP contribution in [0.3, 0.4) is 0 Å². The number of nitrogens with one attached hydrogen (secondary N) is 1. The topological polar surface area (TPSA) is 196 Å². The average Bonchev–Trinajstić information content (AvgIpc) is 3.80.